The summed E-state index contributed by atoms with van der Waals surface area (Å²) in [6.45, 7) is 5.15. The Morgan fingerprint density at radius 2 is 1.86 bits per heavy atom. The summed E-state index contributed by atoms with van der Waals surface area (Å²) in [6, 6.07) is 0. The van der Waals surface area contributed by atoms with E-state index < -0.39 is 0 Å². The van der Waals surface area contributed by atoms with Gasteiger partial charge in [-0.1, -0.05) is 20.3 Å². The molecule has 3 unspecified atom stereocenters. The van der Waals surface area contributed by atoms with Crippen molar-refractivity contribution >= 4 is 6.29 Å². The van der Waals surface area contributed by atoms with E-state index in [4.69, 9.17) is 0 Å². The second-order valence-corrected chi connectivity index (χ2v) is 9.68. The van der Waals surface area contributed by atoms with E-state index in [1.807, 2.05) is 0 Å². The highest BCUT2D eigenvalue weighted by Crippen LogP contribution is 2.72. The summed E-state index contributed by atoms with van der Waals surface area (Å²) in [5, 5.41) is 9.77. The van der Waals surface area contributed by atoms with Crippen molar-refractivity contribution in [2.24, 2.45) is 39.9 Å². The first-order chi connectivity index (χ1) is 10.5. The van der Waals surface area contributed by atoms with E-state index in [9.17, 15) is 9.90 Å². The lowest BCUT2D eigenvalue weighted by Gasteiger charge is -2.63. The predicted octanol–water partition coefficient (Wildman–Crippen LogP) is 4.21. The fraction of sp³-hybridized carbons (Fsp3) is 0.950. The van der Waals surface area contributed by atoms with Crippen LogP contribution in [0.15, 0.2) is 0 Å². The van der Waals surface area contributed by atoms with E-state index in [1.54, 1.807) is 0 Å². The summed E-state index contributed by atoms with van der Waals surface area (Å²) in [5.41, 5.74) is 0.782. The van der Waals surface area contributed by atoms with Crippen LogP contribution in [0.3, 0.4) is 0 Å². The van der Waals surface area contributed by atoms with Crippen molar-refractivity contribution in [2.45, 2.75) is 71.6 Å². The van der Waals surface area contributed by atoms with Gasteiger partial charge in [0.05, 0.1) is 0 Å². The van der Waals surface area contributed by atoms with E-state index >= 15 is 0 Å². The average molecular weight is 304 g/mol. The Balaban J connectivity index is 1.70. The van der Waals surface area contributed by atoms with Gasteiger partial charge in [0.2, 0.25) is 0 Å². The molecule has 0 amide bonds. The van der Waals surface area contributed by atoms with Crippen LogP contribution >= 0.6 is 0 Å². The third kappa shape index (κ3) is 1.79. The predicted molar refractivity (Wildman–Crippen MR) is 87.3 cm³/mol. The zero-order valence-corrected chi connectivity index (χ0v) is 14.3. The van der Waals surface area contributed by atoms with Gasteiger partial charge in [-0.2, -0.15) is 0 Å². The van der Waals surface area contributed by atoms with Gasteiger partial charge >= 0.3 is 0 Å². The highest BCUT2D eigenvalue weighted by molar-refractivity contribution is 5.60. The Hall–Kier alpha value is -0.370. The lowest BCUT2D eigenvalue weighted by molar-refractivity contribution is -0.157. The van der Waals surface area contributed by atoms with Crippen LogP contribution in [-0.2, 0) is 4.79 Å². The number of carbonyl (C=O) groups excluding carboxylic acids is 1. The third-order valence-corrected chi connectivity index (χ3v) is 8.82. The number of aliphatic hydroxyl groups excluding tert-OH is 1. The zero-order chi connectivity index (χ0) is 15.6. The average Bonchev–Trinajstić information content (AvgIpc) is 2.77. The van der Waals surface area contributed by atoms with E-state index in [1.165, 1.54) is 57.7 Å². The minimum Gasteiger partial charge on any atom is -0.396 e. The Bertz CT molecular complexity index is 474. The third-order valence-electron chi connectivity index (χ3n) is 8.82. The van der Waals surface area contributed by atoms with Crippen LogP contribution < -0.4 is 0 Å². The van der Waals surface area contributed by atoms with E-state index in [0.717, 1.165) is 18.3 Å². The minimum absolute atomic E-state index is 0.0829. The van der Waals surface area contributed by atoms with E-state index in [0.29, 0.717) is 29.3 Å². The summed E-state index contributed by atoms with van der Waals surface area (Å²) in [6.07, 6.45) is 12.8. The van der Waals surface area contributed by atoms with Crippen molar-refractivity contribution in [1.82, 2.24) is 0 Å². The van der Waals surface area contributed by atoms with E-state index in [2.05, 4.69) is 13.8 Å². The Morgan fingerprint density at radius 3 is 2.59 bits per heavy atom. The minimum atomic E-state index is -0.0829. The molecular weight excluding hydrogens is 272 g/mol. The second-order valence-electron chi connectivity index (χ2n) is 9.68. The molecule has 1 N–H and O–H groups in total. The van der Waals surface area contributed by atoms with Gasteiger partial charge in [0.15, 0.2) is 0 Å². The molecule has 0 radical (unpaired) electrons. The van der Waals surface area contributed by atoms with Crippen LogP contribution in [-0.4, -0.2) is 18.0 Å². The Kier molecular flexibility index (Phi) is 3.32. The molecule has 124 valence electrons. The van der Waals surface area contributed by atoms with Gasteiger partial charge in [-0.3, -0.25) is 0 Å². The number of aliphatic hydroxyl groups is 1. The summed E-state index contributed by atoms with van der Waals surface area (Å²) in [4.78, 5) is 11.9. The normalized spacial score (nSPS) is 57.0. The lowest BCUT2D eigenvalue weighted by atomic mass is 9.41. The highest BCUT2D eigenvalue weighted by Gasteiger charge is 2.64. The van der Waals surface area contributed by atoms with Crippen LogP contribution in [0.4, 0.5) is 0 Å². The molecule has 2 nitrogen and oxygen atoms in total. The van der Waals surface area contributed by atoms with Crippen LogP contribution in [0.5, 0.6) is 0 Å². The molecule has 22 heavy (non-hydrogen) atoms. The molecule has 1 spiro atoms. The topological polar surface area (TPSA) is 37.3 Å². The maximum absolute atomic E-state index is 11.9. The first kappa shape index (κ1) is 15.2. The fourth-order valence-electron chi connectivity index (χ4n) is 7.99. The van der Waals surface area contributed by atoms with Gasteiger partial charge in [0.25, 0.3) is 0 Å². The van der Waals surface area contributed by atoms with Gasteiger partial charge in [0.1, 0.15) is 6.29 Å². The zero-order valence-electron chi connectivity index (χ0n) is 14.3. The molecule has 4 aliphatic rings. The van der Waals surface area contributed by atoms with Crippen molar-refractivity contribution < 1.29 is 9.90 Å². The van der Waals surface area contributed by atoms with Gasteiger partial charge in [-0.25, -0.2) is 0 Å². The van der Waals surface area contributed by atoms with Crippen molar-refractivity contribution in [3.63, 3.8) is 0 Å². The first-order valence-corrected chi connectivity index (χ1v) is 9.55. The maximum atomic E-state index is 11.9. The lowest BCUT2D eigenvalue weighted by Crippen LogP contribution is -2.56. The number of carbonyl (C=O) groups is 1. The molecule has 7 atom stereocenters. The molecule has 2 heteroatoms. The number of hydrogen-bond donors (Lipinski definition) is 1. The Morgan fingerprint density at radius 1 is 1.05 bits per heavy atom. The van der Waals surface area contributed by atoms with E-state index in [-0.39, 0.29) is 5.41 Å². The standard InChI is InChI=1S/C20H32O2/c1-18(13-22)7-3-8-19(2)16(18)6-9-20-10-14(4-5-17(19)20)15(11-20)12-21/h13-17,21H,3-12H2,1-2H3/t14-,15?,16?,17?,18+,19-,20+/m1/s1. The van der Waals surface area contributed by atoms with Crippen molar-refractivity contribution in [3.05, 3.63) is 0 Å². The molecule has 0 aromatic rings. The smallest absolute Gasteiger partial charge is 0.126 e. The molecule has 0 aromatic carbocycles. The summed E-state index contributed by atoms with van der Waals surface area (Å²) < 4.78 is 0. The van der Waals surface area contributed by atoms with Gasteiger partial charge in [-0.05, 0) is 85.9 Å². The molecular formula is C20H32O2. The maximum Gasteiger partial charge on any atom is 0.126 e. The number of hydrogen-bond acceptors (Lipinski definition) is 2. The highest BCUT2D eigenvalue weighted by atomic mass is 16.3. The van der Waals surface area contributed by atoms with Gasteiger partial charge in [-0.15, -0.1) is 0 Å². The van der Waals surface area contributed by atoms with Crippen LogP contribution in [0.25, 0.3) is 0 Å². The number of aldehydes is 1. The summed E-state index contributed by atoms with van der Waals surface area (Å²) in [7, 11) is 0. The SMILES string of the molecule is C[C@@]12CCC[C@@](C)(C=O)C1CC[C@]13CC(CO)[C@H](CCC12)C3. The summed E-state index contributed by atoms with van der Waals surface area (Å²) >= 11 is 0. The van der Waals surface area contributed by atoms with Crippen LogP contribution in [0, 0.1) is 39.9 Å². The molecule has 4 rings (SSSR count). The molecule has 2 bridgehead atoms. The molecule has 4 saturated carbocycles. The second kappa shape index (κ2) is 4.82. The molecule has 0 saturated heterocycles. The molecule has 0 heterocycles. The number of fused-ring (bicyclic) bond motifs is 3. The van der Waals surface area contributed by atoms with Gasteiger partial charge in [0, 0.05) is 12.0 Å². The fourth-order valence-corrected chi connectivity index (χ4v) is 7.99. The monoisotopic (exact) mass is 304 g/mol. The van der Waals surface area contributed by atoms with Crippen LogP contribution in [0.1, 0.15) is 71.6 Å². The van der Waals surface area contributed by atoms with Crippen molar-refractivity contribution in [3.8, 4) is 0 Å². The Labute approximate surface area is 135 Å². The molecule has 0 aromatic heterocycles. The van der Waals surface area contributed by atoms with Crippen molar-refractivity contribution in [1.29, 1.82) is 0 Å². The summed E-state index contributed by atoms with van der Waals surface area (Å²) in [5.74, 6) is 2.73. The van der Waals surface area contributed by atoms with Gasteiger partial charge < -0.3 is 9.90 Å². The van der Waals surface area contributed by atoms with Crippen molar-refractivity contribution in [2.75, 3.05) is 6.61 Å². The molecule has 0 aliphatic heterocycles. The largest absolute Gasteiger partial charge is 0.396 e. The first-order valence-electron chi connectivity index (χ1n) is 9.55. The van der Waals surface area contributed by atoms with Crippen LogP contribution in [0.2, 0.25) is 0 Å². The number of rotatable bonds is 2. The molecule has 4 aliphatic carbocycles. The quantitative estimate of drug-likeness (QED) is 0.776. The molecule has 4 fully saturated rings.